The van der Waals surface area contributed by atoms with E-state index >= 15 is 0 Å². The van der Waals surface area contributed by atoms with Crippen LogP contribution >= 0.6 is 0 Å². The van der Waals surface area contributed by atoms with Crippen molar-refractivity contribution in [3.63, 3.8) is 0 Å². The summed E-state index contributed by atoms with van der Waals surface area (Å²) in [5, 5.41) is 27.3. The third-order valence-corrected chi connectivity index (χ3v) is 6.53. The third kappa shape index (κ3) is 5.87. The summed E-state index contributed by atoms with van der Waals surface area (Å²) in [4.78, 5) is 9.01. The molecule has 1 aliphatic rings. The second kappa shape index (κ2) is 11.7. The Balaban J connectivity index is 1.29. The number of ether oxygens (including phenoxy) is 2. The van der Waals surface area contributed by atoms with Crippen molar-refractivity contribution in [1.82, 2.24) is 35.5 Å². The van der Waals surface area contributed by atoms with Crippen LogP contribution in [0.5, 0.6) is 11.5 Å². The first kappa shape index (κ1) is 25.1. The fraction of sp³-hybridized carbons (Fsp3) is 0.333. The van der Waals surface area contributed by atoms with Crippen molar-refractivity contribution in [2.45, 2.75) is 38.3 Å². The van der Waals surface area contributed by atoms with Gasteiger partial charge in [0.1, 0.15) is 30.0 Å². The summed E-state index contributed by atoms with van der Waals surface area (Å²) in [6.07, 6.45) is 7.00. The first-order valence-corrected chi connectivity index (χ1v) is 12.5. The summed E-state index contributed by atoms with van der Waals surface area (Å²) in [7, 11) is 1.67. The number of nitrogens with zero attached hydrogens (tertiary/aromatic N) is 7. The highest BCUT2D eigenvalue weighted by atomic mass is 16.5. The van der Waals surface area contributed by atoms with Gasteiger partial charge in [-0.1, -0.05) is 12.1 Å². The van der Waals surface area contributed by atoms with Gasteiger partial charge in [-0.25, -0.2) is 14.6 Å². The van der Waals surface area contributed by atoms with Crippen LogP contribution in [-0.2, 0) is 6.54 Å². The van der Waals surface area contributed by atoms with Gasteiger partial charge in [0.15, 0.2) is 0 Å². The topological polar surface area (TPSA) is 136 Å². The van der Waals surface area contributed by atoms with Crippen LogP contribution < -0.4 is 20.1 Å². The molecule has 1 aliphatic heterocycles. The average molecular weight is 512 g/mol. The van der Waals surface area contributed by atoms with Crippen LogP contribution in [0, 0.1) is 11.3 Å². The highest BCUT2D eigenvalue weighted by Gasteiger charge is 2.17. The predicted molar refractivity (Wildman–Crippen MR) is 141 cm³/mol. The van der Waals surface area contributed by atoms with Crippen LogP contribution in [0.4, 0.5) is 11.6 Å². The molecule has 2 aromatic heterocycles. The Morgan fingerprint density at radius 1 is 1.11 bits per heavy atom. The molecule has 0 radical (unpaired) electrons. The van der Waals surface area contributed by atoms with Crippen molar-refractivity contribution in [1.29, 1.82) is 5.26 Å². The molecular weight excluding hydrogens is 482 g/mol. The predicted octanol–water partition coefficient (Wildman–Crippen LogP) is 3.69. The van der Waals surface area contributed by atoms with E-state index in [1.807, 2.05) is 25.1 Å². The standard InChI is InChI=1S/C27H29N9O2/c1-18(16-36-17-32-34-35-36)38-25-11-21(3-4-22(25)13-28)23-14-30-27(31-15-23)33-24-6-5-20(12-26(24)37-2)19-7-9-29-10-8-19/h3-6,11-12,14-15,17-19,29H,7-10,16H2,1-2H3,(H,30,31,33). The summed E-state index contributed by atoms with van der Waals surface area (Å²) < 4.78 is 13.3. The van der Waals surface area contributed by atoms with E-state index in [-0.39, 0.29) is 6.10 Å². The molecule has 38 heavy (non-hydrogen) atoms. The van der Waals surface area contributed by atoms with Crippen molar-refractivity contribution in [2.75, 3.05) is 25.5 Å². The number of hydrogen-bond donors (Lipinski definition) is 2. The molecule has 0 amide bonds. The van der Waals surface area contributed by atoms with Crippen molar-refractivity contribution in [3.05, 3.63) is 66.2 Å². The zero-order valence-corrected chi connectivity index (χ0v) is 21.3. The van der Waals surface area contributed by atoms with E-state index in [1.165, 1.54) is 11.9 Å². The van der Waals surface area contributed by atoms with Crippen LogP contribution in [-0.4, -0.2) is 56.5 Å². The van der Waals surface area contributed by atoms with E-state index in [2.05, 4.69) is 54.3 Å². The summed E-state index contributed by atoms with van der Waals surface area (Å²) in [5.74, 6) is 2.24. The summed E-state index contributed by atoms with van der Waals surface area (Å²) in [6, 6.07) is 13.9. The molecule has 1 saturated heterocycles. The number of piperidine rings is 1. The van der Waals surface area contributed by atoms with Crippen molar-refractivity contribution in [2.24, 2.45) is 0 Å². The molecule has 1 unspecified atom stereocenters. The maximum absolute atomic E-state index is 9.55. The lowest BCUT2D eigenvalue weighted by Gasteiger charge is -2.24. The molecule has 194 valence electrons. The third-order valence-electron chi connectivity index (χ3n) is 6.53. The summed E-state index contributed by atoms with van der Waals surface area (Å²) in [5.41, 5.74) is 4.17. The fourth-order valence-corrected chi connectivity index (χ4v) is 4.56. The second-order valence-corrected chi connectivity index (χ2v) is 9.19. The van der Waals surface area contributed by atoms with Gasteiger partial charge in [0.2, 0.25) is 5.95 Å². The molecule has 2 aromatic carbocycles. The van der Waals surface area contributed by atoms with Gasteiger partial charge in [-0.15, -0.1) is 5.10 Å². The van der Waals surface area contributed by atoms with Gasteiger partial charge in [0, 0.05) is 18.0 Å². The van der Waals surface area contributed by atoms with E-state index in [4.69, 9.17) is 9.47 Å². The molecule has 0 saturated carbocycles. The number of methoxy groups -OCH3 is 1. The number of nitriles is 1. The first-order valence-electron chi connectivity index (χ1n) is 12.5. The van der Waals surface area contributed by atoms with Crippen LogP contribution in [0.1, 0.15) is 36.8 Å². The fourth-order valence-electron chi connectivity index (χ4n) is 4.56. The Kier molecular flexibility index (Phi) is 7.70. The Morgan fingerprint density at radius 3 is 2.63 bits per heavy atom. The average Bonchev–Trinajstić information content (AvgIpc) is 3.47. The molecule has 0 bridgehead atoms. The number of aromatic nitrogens is 6. The number of anilines is 2. The molecule has 1 atom stereocenters. The van der Waals surface area contributed by atoms with Gasteiger partial charge in [0.05, 0.1) is 24.9 Å². The lowest BCUT2D eigenvalue weighted by molar-refractivity contribution is 0.192. The molecule has 2 N–H and O–H groups in total. The van der Waals surface area contributed by atoms with Crippen LogP contribution in [0.15, 0.2) is 55.1 Å². The number of rotatable bonds is 9. The van der Waals surface area contributed by atoms with E-state index in [1.54, 1.807) is 30.3 Å². The van der Waals surface area contributed by atoms with Gasteiger partial charge in [-0.2, -0.15) is 5.26 Å². The highest BCUT2D eigenvalue weighted by molar-refractivity contribution is 5.68. The monoisotopic (exact) mass is 511 g/mol. The number of benzene rings is 2. The molecular formula is C27H29N9O2. The summed E-state index contributed by atoms with van der Waals surface area (Å²) >= 11 is 0. The first-order chi connectivity index (χ1) is 18.6. The second-order valence-electron chi connectivity index (χ2n) is 9.19. The SMILES string of the molecule is COc1cc(C2CCNCC2)ccc1Nc1ncc(-c2ccc(C#N)c(OC(C)Cn3cnnn3)c2)cn1. The highest BCUT2D eigenvalue weighted by Crippen LogP contribution is 2.34. The normalized spacial score (nSPS) is 14.4. The van der Waals surface area contributed by atoms with Gasteiger partial charge < -0.3 is 20.1 Å². The molecule has 4 aromatic rings. The molecule has 11 heteroatoms. The lowest BCUT2D eigenvalue weighted by atomic mass is 9.90. The van der Waals surface area contributed by atoms with Gasteiger partial charge in [-0.05, 0) is 84.6 Å². The van der Waals surface area contributed by atoms with Crippen LogP contribution in [0.2, 0.25) is 0 Å². The minimum atomic E-state index is -0.250. The largest absolute Gasteiger partial charge is 0.495 e. The maximum Gasteiger partial charge on any atom is 0.227 e. The molecule has 0 aliphatic carbocycles. The van der Waals surface area contributed by atoms with Crippen LogP contribution in [0.25, 0.3) is 11.1 Å². The minimum Gasteiger partial charge on any atom is -0.495 e. The Morgan fingerprint density at radius 2 is 1.92 bits per heavy atom. The quantitative estimate of drug-likeness (QED) is 0.342. The van der Waals surface area contributed by atoms with Crippen molar-refractivity contribution in [3.8, 4) is 28.7 Å². The van der Waals surface area contributed by atoms with Crippen LogP contribution in [0.3, 0.4) is 0 Å². The molecule has 5 rings (SSSR count). The van der Waals surface area contributed by atoms with Crippen molar-refractivity contribution < 1.29 is 9.47 Å². The number of hydrogen-bond acceptors (Lipinski definition) is 10. The van der Waals surface area contributed by atoms with E-state index in [9.17, 15) is 5.26 Å². The van der Waals surface area contributed by atoms with E-state index in [0.717, 1.165) is 48.5 Å². The van der Waals surface area contributed by atoms with E-state index < -0.39 is 0 Å². The van der Waals surface area contributed by atoms with E-state index in [0.29, 0.717) is 29.7 Å². The molecule has 3 heterocycles. The minimum absolute atomic E-state index is 0.250. The van der Waals surface area contributed by atoms with Gasteiger partial charge >= 0.3 is 0 Å². The van der Waals surface area contributed by atoms with Gasteiger partial charge in [-0.3, -0.25) is 0 Å². The maximum atomic E-state index is 9.55. The van der Waals surface area contributed by atoms with Crippen molar-refractivity contribution >= 4 is 11.6 Å². The number of tetrazole rings is 1. The zero-order chi connectivity index (χ0) is 26.3. The zero-order valence-electron chi connectivity index (χ0n) is 21.3. The molecule has 0 spiro atoms. The smallest absolute Gasteiger partial charge is 0.227 e. The molecule has 1 fully saturated rings. The Hall–Kier alpha value is -4.56. The molecule has 11 nitrogen and oxygen atoms in total. The Bertz CT molecular complexity index is 1400. The Labute approximate surface area is 220 Å². The number of nitrogens with one attached hydrogen (secondary N) is 2. The summed E-state index contributed by atoms with van der Waals surface area (Å²) in [6.45, 7) is 4.43. The van der Waals surface area contributed by atoms with Gasteiger partial charge in [0.25, 0.3) is 0 Å². The lowest BCUT2D eigenvalue weighted by Crippen LogP contribution is -2.26.